The van der Waals surface area contributed by atoms with E-state index in [0.717, 1.165) is 60.8 Å². The Kier molecular flexibility index (Phi) is 6.25. The minimum absolute atomic E-state index is 0.254. The zero-order valence-electron chi connectivity index (χ0n) is 18.6. The number of aryl methyl sites for hydroxylation is 1. The van der Waals surface area contributed by atoms with Gasteiger partial charge in [0.15, 0.2) is 5.17 Å². The van der Waals surface area contributed by atoms with Crippen LogP contribution in [-0.2, 0) is 18.4 Å². The number of hydrogen-bond donors (Lipinski definition) is 1. The molecule has 170 valence electrons. The molecule has 0 atom stereocenters. The number of imidazole rings is 1. The summed E-state index contributed by atoms with van der Waals surface area (Å²) >= 11 is 7.52. The Morgan fingerprint density at radius 3 is 2.70 bits per heavy atom. The molecule has 33 heavy (non-hydrogen) atoms. The number of piperazine rings is 1. The SMILES string of the molecule is CN1CCN(Cc2nc3ccc(/C=C4\SC(Nc5ccccc5Cl)=NC4=O)cc3n2C)CC1. The number of nitrogens with one attached hydrogen (secondary N) is 1. The number of amides is 1. The third kappa shape index (κ3) is 4.84. The minimum atomic E-state index is -0.254. The first-order valence-corrected chi connectivity index (χ1v) is 12.1. The third-order valence-corrected chi connectivity index (χ3v) is 7.22. The lowest BCUT2D eigenvalue weighted by molar-refractivity contribution is -0.113. The molecule has 2 aromatic carbocycles. The van der Waals surface area contributed by atoms with Crippen molar-refractivity contribution in [3.8, 4) is 0 Å². The second kappa shape index (κ2) is 9.30. The molecule has 3 aromatic rings. The van der Waals surface area contributed by atoms with Gasteiger partial charge in [0.1, 0.15) is 5.82 Å². The Morgan fingerprint density at radius 2 is 1.91 bits per heavy atom. The van der Waals surface area contributed by atoms with E-state index >= 15 is 0 Å². The number of hydrogen-bond acceptors (Lipinski definition) is 6. The molecule has 2 aliphatic heterocycles. The number of fused-ring (bicyclic) bond motifs is 1. The summed E-state index contributed by atoms with van der Waals surface area (Å²) in [7, 11) is 4.22. The van der Waals surface area contributed by atoms with Crippen molar-refractivity contribution in [2.24, 2.45) is 12.0 Å². The predicted octanol–water partition coefficient (Wildman–Crippen LogP) is 4.06. The zero-order valence-corrected chi connectivity index (χ0v) is 20.2. The molecule has 5 rings (SSSR count). The summed E-state index contributed by atoms with van der Waals surface area (Å²) in [6, 6.07) is 13.5. The van der Waals surface area contributed by atoms with Crippen LogP contribution in [0.2, 0.25) is 5.02 Å². The van der Waals surface area contributed by atoms with Gasteiger partial charge in [-0.2, -0.15) is 4.99 Å². The molecule has 1 saturated heterocycles. The van der Waals surface area contributed by atoms with Gasteiger partial charge in [0, 0.05) is 33.2 Å². The van der Waals surface area contributed by atoms with Crippen LogP contribution in [0.3, 0.4) is 0 Å². The number of thioether (sulfide) groups is 1. The summed E-state index contributed by atoms with van der Waals surface area (Å²) in [6.45, 7) is 5.13. The number of likely N-dealkylation sites (N-methyl/N-ethyl adjacent to an activating group) is 1. The zero-order chi connectivity index (χ0) is 22.9. The molecule has 0 spiro atoms. The molecule has 0 aliphatic carbocycles. The fraction of sp³-hybridized carbons (Fsp3) is 0.292. The lowest BCUT2D eigenvalue weighted by atomic mass is 10.2. The number of aliphatic imine (C=N–C) groups is 1. The normalized spacial score (nSPS) is 18.9. The van der Waals surface area contributed by atoms with E-state index < -0.39 is 0 Å². The molecule has 1 fully saturated rings. The second-order valence-electron chi connectivity index (χ2n) is 8.35. The van der Waals surface area contributed by atoms with Gasteiger partial charge in [0.2, 0.25) is 0 Å². The number of halogens is 1. The highest BCUT2D eigenvalue weighted by Crippen LogP contribution is 2.31. The molecule has 0 saturated carbocycles. The van der Waals surface area contributed by atoms with E-state index in [4.69, 9.17) is 16.6 Å². The van der Waals surface area contributed by atoms with Gasteiger partial charge in [-0.3, -0.25) is 9.69 Å². The van der Waals surface area contributed by atoms with Gasteiger partial charge in [-0.05, 0) is 54.7 Å². The van der Waals surface area contributed by atoms with Gasteiger partial charge >= 0.3 is 0 Å². The highest BCUT2D eigenvalue weighted by atomic mass is 35.5. The van der Waals surface area contributed by atoms with Crippen molar-refractivity contribution in [2.75, 3.05) is 38.5 Å². The van der Waals surface area contributed by atoms with Gasteiger partial charge < -0.3 is 14.8 Å². The van der Waals surface area contributed by atoms with Crippen molar-refractivity contribution in [1.82, 2.24) is 19.4 Å². The summed E-state index contributed by atoms with van der Waals surface area (Å²) < 4.78 is 2.15. The van der Waals surface area contributed by atoms with Gasteiger partial charge in [-0.25, -0.2) is 4.98 Å². The lowest BCUT2D eigenvalue weighted by Crippen LogP contribution is -2.44. The smallest absolute Gasteiger partial charge is 0.286 e. The van der Waals surface area contributed by atoms with E-state index in [0.29, 0.717) is 15.1 Å². The molecule has 2 aliphatic rings. The van der Waals surface area contributed by atoms with Crippen LogP contribution in [0.5, 0.6) is 0 Å². The number of para-hydroxylation sites is 1. The molecule has 0 bridgehead atoms. The molecular formula is C24H25ClN6OS. The van der Waals surface area contributed by atoms with E-state index in [1.807, 2.05) is 36.4 Å². The maximum atomic E-state index is 12.5. The molecule has 1 amide bonds. The van der Waals surface area contributed by atoms with Crippen molar-refractivity contribution >= 4 is 57.2 Å². The number of carbonyl (C=O) groups excluding carboxylic acids is 1. The number of benzene rings is 2. The maximum absolute atomic E-state index is 12.5. The Hall–Kier alpha value is -2.65. The van der Waals surface area contributed by atoms with E-state index in [-0.39, 0.29) is 5.91 Å². The Balaban J connectivity index is 1.32. The van der Waals surface area contributed by atoms with Gasteiger partial charge in [-0.1, -0.05) is 29.8 Å². The van der Waals surface area contributed by atoms with Crippen LogP contribution in [0, 0.1) is 0 Å². The number of amidine groups is 1. The van der Waals surface area contributed by atoms with E-state index in [9.17, 15) is 4.79 Å². The van der Waals surface area contributed by atoms with Crippen molar-refractivity contribution in [2.45, 2.75) is 6.54 Å². The Bertz CT molecular complexity index is 1280. The van der Waals surface area contributed by atoms with Crippen LogP contribution < -0.4 is 5.32 Å². The summed E-state index contributed by atoms with van der Waals surface area (Å²) in [5.41, 5.74) is 3.69. The third-order valence-electron chi connectivity index (χ3n) is 5.99. The van der Waals surface area contributed by atoms with Crippen molar-refractivity contribution in [3.63, 3.8) is 0 Å². The fourth-order valence-corrected chi connectivity index (χ4v) is 4.99. The van der Waals surface area contributed by atoms with Crippen LogP contribution in [0.15, 0.2) is 52.4 Å². The monoisotopic (exact) mass is 480 g/mol. The van der Waals surface area contributed by atoms with Crippen molar-refractivity contribution in [3.05, 3.63) is 63.8 Å². The molecule has 9 heteroatoms. The van der Waals surface area contributed by atoms with Crippen LogP contribution in [0.1, 0.15) is 11.4 Å². The van der Waals surface area contributed by atoms with Crippen LogP contribution in [-0.4, -0.2) is 63.7 Å². The van der Waals surface area contributed by atoms with E-state index in [2.05, 4.69) is 44.8 Å². The first kappa shape index (κ1) is 22.2. The number of nitrogens with zero attached hydrogens (tertiary/aromatic N) is 5. The van der Waals surface area contributed by atoms with Crippen LogP contribution in [0.4, 0.5) is 5.69 Å². The molecule has 3 heterocycles. The molecule has 7 nitrogen and oxygen atoms in total. The second-order valence-corrected chi connectivity index (χ2v) is 9.79. The van der Waals surface area contributed by atoms with E-state index in [1.165, 1.54) is 11.8 Å². The first-order valence-electron chi connectivity index (χ1n) is 10.9. The molecule has 1 aromatic heterocycles. The number of anilines is 1. The van der Waals surface area contributed by atoms with Crippen molar-refractivity contribution < 1.29 is 4.79 Å². The average molecular weight is 481 g/mol. The average Bonchev–Trinajstić information content (AvgIpc) is 3.30. The summed E-state index contributed by atoms with van der Waals surface area (Å²) in [5.74, 6) is 0.802. The first-order chi connectivity index (χ1) is 16.0. The summed E-state index contributed by atoms with van der Waals surface area (Å²) in [5, 5.41) is 4.24. The fourth-order valence-electron chi connectivity index (χ4n) is 3.99. The Morgan fingerprint density at radius 1 is 1.12 bits per heavy atom. The maximum Gasteiger partial charge on any atom is 0.286 e. The van der Waals surface area contributed by atoms with Gasteiger partial charge in [0.25, 0.3) is 5.91 Å². The largest absolute Gasteiger partial charge is 0.333 e. The predicted molar refractivity (Wildman–Crippen MR) is 137 cm³/mol. The van der Waals surface area contributed by atoms with Crippen LogP contribution >= 0.6 is 23.4 Å². The van der Waals surface area contributed by atoms with Gasteiger partial charge in [-0.15, -0.1) is 0 Å². The lowest BCUT2D eigenvalue weighted by Gasteiger charge is -2.31. The van der Waals surface area contributed by atoms with E-state index in [1.54, 1.807) is 6.07 Å². The van der Waals surface area contributed by atoms with Gasteiger partial charge in [0.05, 0.1) is 33.2 Å². The Labute approximate surface area is 202 Å². The summed E-state index contributed by atoms with van der Waals surface area (Å²) in [6.07, 6.45) is 1.88. The van der Waals surface area contributed by atoms with Crippen LogP contribution in [0.25, 0.3) is 17.1 Å². The standard InChI is InChI=1S/C24H25ClN6OS/c1-29-9-11-31(12-10-29)15-22-26-19-8-7-16(13-20(19)30(22)2)14-21-23(32)28-24(33-21)27-18-6-4-3-5-17(18)25/h3-8,13-14H,9-12,15H2,1-2H3,(H,27,28,32)/b21-14-. The number of rotatable bonds is 4. The topological polar surface area (TPSA) is 65.8 Å². The summed E-state index contributed by atoms with van der Waals surface area (Å²) in [4.78, 5) is 26.8. The number of aromatic nitrogens is 2. The highest BCUT2D eigenvalue weighted by Gasteiger charge is 2.23. The highest BCUT2D eigenvalue weighted by molar-refractivity contribution is 8.18. The molecule has 1 N–H and O–H groups in total. The minimum Gasteiger partial charge on any atom is -0.333 e. The molecule has 0 unspecified atom stereocenters. The van der Waals surface area contributed by atoms with Crippen molar-refractivity contribution in [1.29, 1.82) is 0 Å². The quantitative estimate of drug-likeness (QED) is 0.568. The molecular weight excluding hydrogens is 456 g/mol. The number of carbonyl (C=O) groups is 1. The molecule has 0 radical (unpaired) electrons.